The fourth-order valence-electron chi connectivity index (χ4n) is 4.70. The fourth-order valence-corrected chi connectivity index (χ4v) is 6.56. The van der Waals surface area contributed by atoms with Gasteiger partial charge in [0.05, 0.1) is 28.4 Å². The van der Waals surface area contributed by atoms with Crippen molar-refractivity contribution in [2.45, 2.75) is 36.1 Å². The van der Waals surface area contributed by atoms with Crippen LogP contribution in [0.2, 0.25) is 0 Å². The molecule has 1 aromatic carbocycles. The maximum Gasteiger partial charge on any atom is 0.249 e. The molecule has 4 rings (SSSR count). The number of aromatic nitrogens is 1. The molecule has 10 heteroatoms. The Morgan fingerprint density at radius 3 is 2.86 bits per heavy atom. The highest BCUT2D eigenvalue weighted by atomic mass is 32.2. The molecule has 1 amide bonds. The van der Waals surface area contributed by atoms with E-state index in [0.29, 0.717) is 42.6 Å². The molecule has 35 heavy (non-hydrogen) atoms. The molecule has 0 bridgehead atoms. The maximum atomic E-state index is 15.5. The summed E-state index contributed by atoms with van der Waals surface area (Å²) in [6.07, 6.45) is 0.558. The van der Waals surface area contributed by atoms with Gasteiger partial charge in [0.15, 0.2) is 0 Å². The third-order valence-corrected chi connectivity index (χ3v) is 8.91. The number of thiophene rings is 1. The molecular formula is C25H29F2N3O3S2. The number of fused-ring (bicyclic) bond motifs is 1. The number of carbonyl (C=O) groups excluding carboxylic acids is 1. The summed E-state index contributed by atoms with van der Waals surface area (Å²) in [6.45, 7) is 2.25. The standard InChI is InChI=1S/C25H29F2N3O3S2/c1-33-17-4-5-21-18(15-17)23(20(27)16-28-21)19(26)6-7-25(24(31)29-32)8-10-30(11-9-25)12-14-35-22-3-2-13-34-22/h2-5,13,15-16,19,32H,6-12,14H2,1H3,(H,29,31). The van der Waals surface area contributed by atoms with Gasteiger partial charge >= 0.3 is 0 Å². The van der Waals surface area contributed by atoms with E-state index in [1.807, 2.05) is 6.07 Å². The number of nitrogens with one attached hydrogen (secondary N) is 1. The zero-order valence-electron chi connectivity index (χ0n) is 19.5. The van der Waals surface area contributed by atoms with Crippen LogP contribution in [0, 0.1) is 11.2 Å². The molecule has 1 unspecified atom stereocenters. The van der Waals surface area contributed by atoms with E-state index in [1.165, 1.54) is 11.3 Å². The van der Waals surface area contributed by atoms with E-state index in [-0.39, 0.29) is 18.4 Å². The average molecular weight is 522 g/mol. The van der Waals surface area contributed by atoms with Gasteiger partial charge in [-0.15, -0.1) is 23.1 Å². The predicted molar refractivity (Wildman–Crippen MR) is 134 cm³/mol. The molecular weight excluding hydrogens is 492 g/mol. The van der Waals surface area contributed by atoms with Crippen LogP contribution in [0.4, 0.5) is 8.78 Å². The van der Waals surface area contributed by atoms with E-state index in [4.69, 9.17) is 4.74 Å². The Bertz CT molecular complexity index is 1140. The Hall–Kier alpha value is -2.27. The zero-order valence-corrected chi connectivity index (χ0v) is 21.1. The third kappa shape index (κ3) is 5.94. The summed E-state index contributed by atoms with van der Waals surface area (Å²) in [7, 11) is 1.49. The van der Waals surface area contributed by atoms with Crippen molar-refractivity contribution in [2.24, 2.45) is 5.41 Å². The van der Waals surface area contributed by atoms with Crippen molar-refractivity contribution in [3.05, 3.63) is 53.3 Å². The van der Waals surface area contributed by atoms with Crippen LogP contribution in [0.25, 0.3) is 10.9 Å². The van der Waals surface area contributed by atoms with Gasteiger partial charge in [0.25, 0.3) is 0 Å². The van der Waals surface area contributed by atoms with E-state index in [1.54, 1.807) is 46.8 Å². The summed E-state index contributed by atoms with van der Waals surface area (Å²) in [4.78, 5) is 19.0. The van der Waals surface area contributed by atoms with Gasteiger partial charge in [-0.2, -0.15) is 0 Å². The second-order valence-corrected chi connectivity index (χ2v) is 11.1. The number of alkyl halides is 1. The van der Waals surface area contributed by atoms with Crippen molar-refractivity contribution >= 4 is 39.9 Å². The Balaban J connectivity index is 1.42. The van der Waals surface area contributed by atoms with Crippen LogP contribution in [-0.2, 0) is 4.79 Å². The van der Waals surface area contributed by atoms with Crippen LogP contribution < -0.4 is 10.2 Å². The number of methoxy groups -OCH3 is 1. The number of rotatable bonds is 10. The van der Waals surface area contributed by atoms with Gasteiger partial charge < -0.3 is 9.64 Å². The largest absolute Gasteiger partial charge is 0.497 e. The van der Waals surface area contributed by atoms with Crippen LogP contribution in [-0.4, -0.2) is 53.5 Å². The number of nitrogens with zero attached hydrogens (tertiary/aromatic N) is 2. The smallest absolute Gasteiger partial charge is 0.249 e. The Morgan fingerprint density at radius 2 is 2.17 bits per heavy atom. The van der Waals surface area contributed by atoms with Gasteiger partial charge in [-0.25, -0.2) is 14.3 Å². The van der Waals surface area contributed by atoms with Gasteiger partial charge in [-0.1, -0.05) is 6.07 Å². The van der Waals surface area contributed by atoms with Crippen LogP contribution in [0.15, 0.2) is 46.1 Å². The van der Waals surface area contributed by atoms with E-state index in [2.05, 4.69) is 21.3 Å². The number of amides is 1. The number of piperidine rings is 1. The number of hydroxylamine groups is 1. The lowest BCUT2D eigenvalue weighted by atomic mass is 9.73. The number of pyridine rings is 1. The number of thioether (sulfide) groups is 1. The first-order valence-corrected chi connectivity index (χ1v) is 13.4. The first kappa shape index (κ1) is 25.8. The lowest BCUT2D eigenvalue weighted by molar-refractivity contribution is -0.143. The summed E-state index contributed by atoms with van der Waals surface area (Å²) in [5, 5.41) is 11.8. The molecule has 0 aliphatic carbocycles. The second kappa shape index (κ2) is 11.6. The van der Waals surface area contributed by atoms with Crippen LogP contribution in [0.1, 0.15) is 37.4 Å². The molecule has 1 fully saturated rings. The van der Waals surface area contributed by atoms with Crippen molar-refractivity contribution in [2.75, 3.05) is 32.5 Å². The van der Waals surface area contributed by atoms with Crippen molar-refractivity contribution in [3.8, 4) is 5.75 Å². The van der Waals surface area contributed by atoms with Crippen LogP contribution >= 0.6 is 23.1 Å². The number of halogens is 2. The average Bonchev–Trinajstić information content (AvgIpc) is 3.40. The fraction of sp³-hybridized carbons (Fsp3) is 0.440. The number of likely N-dealkylation sites (tertiary alicyclic amines) is 1. The van der Waals surface area contributed by atoms with E-state index in [9.17, 15) is 14.4 Å². The SMILES string of the molecule is COc1ccc2ncc(F)c(C(F)CCC3(C(=O)NO)CCN(CCSc4cccs4)CC3)c2c1. The molecule has 0 radical (unpaired) electrons. The third-order valence-electron chi connectivity index (χ3n) is 6.80. The van der Waals surface area contributed by atoms with Gasteiger partial charge in [-0.3, -0.25) is 15.0 Å². The Morgan fingerprint density at radius 1 is 1.37 bits per heavy atom. The van der Waals surface area contributed by atoms with Crippen molar-refractivity contribution < 1.29 is 23.5 Å². The molecule has 1 saturated heterocycles. The number of hydrogen-bond donors (Lipinski definition) is 2. The first-order chi connectivity index (χ1) is 17.0. The maximum absolute atomic E-state index is 15.5. The van der Waals surface area contributed by atoms with Gasteiger partial charge in [0.2, 0.25) is 5.91 Å². The van der Waals surface area contributed by atoms with Crippen molar-refractivity contribution in [3.63, 3.8) is 0 Å². The molecule has 0 saturated carbocycles. The number of hydrogen-bond acceptors (Lipinski definition) is 7. The highest BCUT2D eigenvalue weighted by Gasteiger charge is 2.41. The molecule has 2 aromatic heterocycles. The van der Waals surface area contributed by atoms with E-state index in [0.717, 1.165) is 18.5 Å². The molecule has 0 spiro atoms. The molecule has 1 atom stereocenters. The lowest BCUT2D eigenvalue weighted by Gasteiger charge is -2.40. The highest BCUT2D eigenvalue weighted by Crippen LogP contribution is 2.41. The minimum atomic E-state index is -1.63. The minimum absolute atomic E-state index is 0.0467. The summed E-state index contributed by atoms with van der Waals surface area (Å²) in [5.41, 5.74) is 1.29. The van der Waals surface area contributed by atoms with E-state index < -0.39 is 23.3 Å². The minimum Gasteiger partial charge on any atom is -0.497 e. The van der Waals surface area contributed by atoms with Crippen molar-refractivity contribution in [1.82, 2.24) is 15.4 Å². The summed E-state index contributed by atoms with van der Waals surface area (Å²) in [6, 6.07) is 9.07. The molecule has 1 aliphatic heterocycles. The lowest BCUT2D eigenvalue weighted by Crippen LogP contribution is -2.48. The molecule has 188 valence electrons. The number of carbonyl (C=O) groups is 1. The van der Waals surface area contributed by atoms with Crippen LogP contribution in [0.3, 0.4) is 0 Å². The van der Waals surface area contributed by atoms with Crippen LogP contribution in [0.5, 0.6) is 5.75 Å². The van der Waals surface area contributed by atoms with Gasteiger partial charge in [0.1, 0.15) is 17.7 Å². The van der Waals surface area contributed by atoms with E-state index >= 15 is 4.39 Å². The Labute approximate surface area is 211 Å². The number of benzene rings is 1. The summed E-state index contributed by atoms with van der Waals surface area (Å²) in [5.74, 6) is 0.208. The zero-order chi connectivity index (χ0) is 24.8. The molecule has 2 N–H and O–H groups in total. The number of ether oxygens (including phenoxy) is 1. The van der Waals surface area contributed by atoms with Gasteiger partial charge in [0, 0.05) is 23.2 Å². The predicted octanol–water partition coefficient (Wildman–Crippen LogP) is 5.61. The monoisotopic (exact) mass is 521 g/mol. The van der Waals surface area contributed by atoms with Crippen molar-refractivity contribution in [1.29, 1.82) is 0 Å². The quantitative estimate of drug-likeness (QED) is 0.205. The van der Waals surface area contributed by atoms with Gasteiger partial charge in [-0.05, 0) is 68.4 Å². The topological polar surface area (TPSA) is 74.7 Å². The second-order valence-electron chi connectivity index (χ2n) is 8.75. The highest BCUT2D eigenvalue weighted by molar-refractivity contribution is 8.01. The molecule has 1 aliphatic rings. The normalized spacial score (nSPS) is 16.8. The Kier molecular flexibility index (Phi) is 8.59. The molecule has 6 nitrogen and oxygen atoms in total. The first-order valence-electron chi connectivity index (χ1n) is 11.6. The summed E-state index contributed by atoms with van der Waals surface area (Å²) >= 11 is 3.52. The molecule has 3 heterocycles. The molecule has 3 aromatic rings. The summed E-state index contributed by atoms with van der Waals surface area (Å²) < 4.78 is 36.7.